The maximum atomic E-state index is 15.2. The molecule has 4 fully saturated rings. The molecule has 10 N–H and O–H groups in total. The van der Waals surface area contributed by atoms with Gasteiger partial charge in [-0.1, -0.05) is 74.3 Å². The van der Waals surface area contributed by atoms with Crippen LogP contribution in [0.25, 0.3) is 22.6 Å². The van der Waals surface area contributed by atoms with Gasteiger partial charge in [-0.2, -0.15) is 0 Å². The molecule has 0 aromatic heterocycles. The number of benzene rings is 4. The summed E-state index contributed by atoms with van der Waals surface area (Å²) in [6.07, 6.45) is 0.650. The molecule has 4 aliphatic heterocycles. The van der Waals surface area contributed by atoms with Crippen LogP contribution in [0.2, 0.25) is 0 Å². The number of nitrogens with two attached hydrogens (primary N) is 1. The van der Waals surface area contributed by atoms with Crippen LogP contribution in [0.3, 0.4) is 0 Å². The van der Waals surface area contributed by atoms with E-state index in [1.807, 2.05) is 0 Å². The van der Waals surface area contributed by atoms with Gasteiger partial charge in [-0.15, -0.1) is 0 Å². The highest BCUT2D eigenvalue weighted by Crippen LogP contribution is 2.51. The Bertz CT molecular complexity index is 5300. The number of Topliss-reactive ketones (excluding diaryl/α,β-unsaturated/α-hetero) is 2. The van der Waals surface area contributed by atoms with Crippen LogP contribution < -0.4 is 41.9 Å². The number of carbonyl (C=O) groups is 17. The molecular formula is C86H104N10O28. The summed E-state index contributed by atoms with van der Waals surface area (Å²) < 4.78 is 34.2. The van der Waals surface area contributed by atoms with E-state index in [2.05, 4.69) is 21.3 Å². The number of cyclic esters (lactones) is 2. The molecule has 38 nitrogen and oxygen atoms in total. The number of aromatic carboxylic acids is 1. The first-order valence-electron chi connectivity index (χ1n) is 40.4. The lowest BCUT2D eigenvalue weighted by Gasteiger charge is -2.35. The van der Waals surface area contributed by atoms with Crippen LogP contribution >= 0.6 is 0 Å². The Morgan fingerprint density at radius 3 is 1.56 bits per heavy atom. The molecular weight excluding hydrogens is 1620 g/mol. The maximum Gasteiger partial charge on any atom is 0.347 e. The number of aldehydes is 1. The number of hydrogen-bond acceptors (Lipinski definition) is 28. The third-order valence-electron chi connectivity index (χ3n) is 23.2. The van der Waals surface area contributed by atoms with E-state index in [-0.39, 0.29) is 62.4 Å². The number of rotatable bonds is 14. The monoisotopic (exact) mass is 1720 g/mol. The lowest BCUT2D eigenvalue weighted by atomic mass is 9.83. The molecule has 124 heavy (non-hydrogen) atoms. The number of phenolic OH excluding ortho intramolecular Hbond substituents is 1. The number of likely N-dealkylation sites (N-methyl/N-ethyl adjacent to an activating group) is 4. The molecule has 7 aliphatic rings. The predicted molar refractivity (Wildman–Crippen MR) is 437 cm³/mol. The summed E-state index contributed by atoms with van der Waals surface area (Å²) in [6, 6.07) is -4.58. The van der Waals surface area contributed by atoms with Crippen molar-refractivity contribution in [1.82, 2.24) is 45.9 Å². The summed E-state index contributed by atoms with van der Waals surface area (Å²) in [5, 5.41) is 49.7. The number of aromatic nitrogens is 1. The number of nitrogen functional groups attached to an aromatic ring is 1. The summed E-state index contributed by atoms with van der Waals surface area (Å²) in [5.41, 5.74) is 1.87. The molecule has 12 unspecified atom stereocenters. The van der Waals surface area contributed by atoms with Gasteiger partial charge in [0.25, 0.3) is 11.8 Å². The Balaban J connectivity index is 0.000000426. The van der Waals surface area contributed by atoms with Gasteiger partial charge in [-0.25, -0.2) is 33.8 Å². The molecule has 3 aromatic carbocycles. The average Bonchev–Trinajstić information content (AvgIpc) is 1.16. The number of phenols is 2. The van der Waals surface area contributed by atoms with Crippen LogP contribution in [0.1, 0.15) is 187 Å². The second-order valence-corrected chi connectivity index (χ2v) is 33.3. The van der Waals surface area contributed by atoms with Crippen molar-refractivity contribution in [3.05, 3.63) is 96.2 Å². The Labute approximate surface area is 711 Å². The molecule has 0 spiro atoms. The van der Waals surface area contributed by atoms with Gasteiger partial charge < -0.3 is 95.1 Å². The topological polar surface area (TPSA) is 547 Å². The Morgan fingerprint density at radius 2 is 1.10 bits per heavy atom. The number of esters is 4. The van der Waals surface area contributed by atoms with Gasteiger partial charge in [0, 0.05) is 75.1 Å². The van der Waals surface area contributed by atoms with Crippen molar-refractivity contribution in [2.75, 3.05) is 47.0 Å². The predicted octanol–water partition coefficient (Wildman–Crippen LogP) is 4.95. The minimum atomic E-state index is -1.86. The van der Waals surface area contributed by atoms with Crippen LogP contribution in [-0.2, 0) is 78.4 Å². The van der Waals surface area contributed by atoms with Gasteiger partial charge in [-0.05, 0) is 114 Å². The van der Waals surface area contributed by atoms with Crippen molar-refractivity contribution < 1.29 is 130 Å². The number of aryl methyl sites for hydroxylation is 2. The molecule has 0 bridgehead atoms. The minimum absolute atomic E-state index is 0.0668. The van der Waals surface area contributed by atoms with Crippen molar-refractivity contribution in [2.45, 2.75) is 191 Å². The Kier molecular flexibility index (Phi) is 29.4. The van der Waals surface area contributed by atoms with Crippen LogP contribution in [0.4, 0.5) is 5.69 Å². The quantitative estimate of drug-likeness (QED) is 0.0135. The molecule has 3 aromatic rings. The van der Waals surface area contributed by atoms with Crippen LogP contribution in [-0.4, -0.2) is 236 Å². The highest BCUT2D eigenvalue weighted by Gasteiger charge is 2.49. The molecule has 8 amide bonds. The maximum absolute atomic E-state index is 15.2. The molecule has 2 saturated carbocycles. The molecule has 2 saturated heterocycles. The van der Waals surface area contributed by atoms with Crippen LogP contribution in [0.15, 0.2) is 39.6 Å². The number of amides is 8. The van der Waals surface area contributed by atoms with Crippen LogP contribution in [0, 0.1) is 75.0 Å². The van der Waals surface area contributed by atoms with E-state index in [9.17, 15) is 92.0 Å². The number of aliphatic carboxylic acids is 1. The van der Waals surface area contributed by atoms with E-state index >= 15 is 9.59 Å². The van der Waals surface area contributed by atoms with Crippen molar-refractivity contribution in [3.8, 4) is 40.2 Å². The Morgan fingerprint density at radius 1 is 0.621 bits per heavy atom. The number of ether oxygens (including phenoxy) is 5. The zero-order valence-electron chi connectivity index (χ0n) is 72.0. The summed E-state index contributed by atoms with van der Waals surface area (Å²) in [4.78, 5) is 256. The molecule has 38 heteroatoms. The number of carbonyl (C=O) groups excluding carboxylic acids is 15. The number of carboxylic acids is 2. The normalized spacial score (nSPS) is 23.5. The van der Waals surface area contributed by atoms with E-state index in [4.69, 9.17) is 43.9 Å². The standard InChI is InChI=1S/C64H88N10O16.C22H16O12/c1-27(2)44-53(78)35-19-17-21-37(35)61(84)71(13)25-40(75)73(15)50(29(5)6)63(86)88-33(11)46(59(82)67-44)69-57(80)39-24-23-31(9)55-48(39)66-49-42(43(65)52(77)32(10)56(49)90-55)58(81)70-47-34(12)89-64(87)51(30(7)8)74(16)41(76)26-72(14)62(85)38-22-18-20-36(38)54(79)45(28(3)4)68-60(47)83;1-8-5-12(24)10(6-23)19-15(8)22(31)34-20-11(7-32-14(27)4-3-13(25)26)17(28)16(21(29)30)9(2)18(20)33-19/h23-24,27-30,33-38,44-47,50-51H,17-22,25-26,65H2,1-16H3,(H,67,82)(H,68,83)(H,69,80)(H,70,81);3-6,24,28H,7H2,1-2H3,(H,25,26)(H,29,30). The first-order chi connectivity index (χ1) is 58.1. The summed E-state index contributed by atoms with van der Waals surface area (Å²) >= 11 is 0. The first-order valence-corrected chi connectivity index (χ1v) is 40.4. The number of aromatic hydroxyl groups is 2. The van der Waals surface area contributed by atoms with E-state index in [1.54, 1.807) is 62.3 Å². The first kappa shape index (κ1) is 94.7. The summed E-state index contributed by atoms with van der Waals surface area (Å²) in [7, 11) is 5.66. The lowest BCUT2D eigenvalue weighted by molar-refractivity contribution is -0.163. The number of fused-ring (bicyclic) bond motifs is 6. The Hall–Kier alpha value is -13.2. The summed E-state index contributed by atoms with van der Waals surface area (Å²) in [6.45, 7) is 20.1. The van der Waals surface area contributed by atoms with E-state index in [0.717, 1.165) is 15.9 Å². The largest absolute Gasteiger partial charge is 0.507 e. The average molecular weight is 1730 g/mol. The van der Waals surface area contributed by atoms with Gasteiger partial charge in [0.05, 0.1) is 53.1 Å². The molecule has 3 aliphatic carbocycles. The number of carboxylic acid groups (broad SMARTS) is 2. The molecule has 0 radical (unpaired) electrons. The third kappa shape index (κ3) is 19.3. The fourth-order valence-electron chi connectivity index (χ4n) is 16.5. The van der Waals surface area contributed by atoms with Crippen molar-refractivity contribution in [2.24, 2.45) is 47.3 Å². The number of ketones is 2. The van der Waals surface area contributed by atoms with E-state index < -0.39 is 267 Å². The SMILES string of the molecule is Cc1c2oc3c(C)ccc(C(=O)NC4C(=O)NC(C(C)C)C(=O)C5CCCC5C(=O)N(C)CC(=O)N(C)C(C(C)C)C(=O)OC4C)c3nc-2c(C(=O)NC2C(=O)NC(C(C)C)C(=O)C3CCCC3C(=O)N(C)CC(=O)N(C)C(C(C)C)C(=O)OC2C)c(N)c1=O.Cc1cc(O)c(C=O)c2c1C(=O)Oc1c(COC(=O)C=CC(=O)O)c(O)c(C(=O)O)c(C)c1O2. The van der Waals surface area contributed by atoms with Gasteiger partial charge in [0.2, 0.25) is 40.9 Å². The fraction of sp³-hybridized carbons (Fsp3) is 0.500. The zero-order valence-corrected chi connectivity index (χ0v) is 72.0. The second-order valence-electron chi connectivity index (χ2n) is 33.3. The highest BCUT2D eigenvalue weighted by molar-refractivity contribution is 6.11. The van der Waals surface area contributed by atoms with Gasteiger partial charge >= 0.3 is 35.8 Å². The van der Waals surface area contributed by atoms with Crippen molar-refractivity contribution >= 4 is 118 Å². The van der Waals surface area contributed by atoms with Crippen molar-refractivity contribution in [1.29, 1.82) is 0 Å². The molecule has 4 heterocycles. The smallest absolute Gasteiger partial charge is 0.347 e. The van der Waals surface area contributed by atoms with E-state index in [1.165, 1.54) is 84.7 Å². The fourth-order valence-corrected chi connectivity index (χ4v) is 16.5. The lowest BCUT2D eigenvalue weighted by Crippen LogP contribution is -2.59. The highest BCUT2D eigenvalue weighted by atomic mass is 16.6. The number of anilines is 1. The van der Waals surface area contributed by atoms with Crippen LogP contribution in [0.5, 0.6) is 28.7 Å². The number of hydrogen-bond donors (Lipinski definition) is 9. The second kappa shape index (κ2) is 38.5. The van der Waals surface area contributed by atoms with Gasteiger partial charge in [0.15, 0.2) is 46.4 Å². The van der Waals surface area contributed by atoms with Gasteiger partial charge in [-0.3, -0.25) is 57.5 Å². The number of nitrogens with zero attached hydrogens (tertiary/aromatic N) is 5. The van der Waals surface area contributed by atoms with Crippen molar-refractivity contribution in [3.63, 3.8) is 0 Å². The molecule has 12 atom stereocenters. The number of nitrogens with one attached hydrogen (secondary N) is 4. The zero-order chi connectivity index (χ0) is 92.3. The molecule has 10 rings (SSSR count). The van der Waals surface area contributed by atoms with E-state index in [0.29, 0.717) is 56.2 Å². The third-order valence-corrected chi connectivity index (χ3v) is 23.2. The molecule has 666 valence electrons. The minimum Gasteiger partial charge on any atom is -0.507 e. The summed E-state index contributed by atoms with van der Waals surface area (Å²) in [5.74, 6) is -22.8. The van der Waals surface area contributed by atoms with Gasteiger partial charge in [0.1, 0.15) is 76.8 Å².